The molecule has 0 saturated carbocycles. The maximum absolute atomic E-state index is 12.2. The lowest BCUT2D eigenvalue weighted by atomic mass is 9.94. The zero-order valence-corrected chi connectivity index (χ0v) is 13.7. The molecule has 2 amide bonds. The van der Waals surface area contributed by atoms with Crippen LogP contribution in [0.1, 0.15) is 25.3 Å². The molecule has 0 bridgehead atoms. The van der Waals surface area contributed by atoms with Gasteiger partial charge in [-0.1, -0.05) is 12.1 Å². The monoisotopic (exact) mass is 305 g/mol. The summed E-state index contributed by atoms with van der Waals surface area (Å²) in [6, 6.07) is 8.12. The van der Waals surface area contributed by atoms with Crippen molar-refractivity contribution in [1.29, 1.82) is 0 Å². The number of carbonyl (C=O) groups is 1. The molecule has 0 aromatic heterocycles. The van der Waals surface area contributed by atoms with Crippen LogP contribution in [-0.4, -0.2) is 49.3 Å². The van der Waals surface area contributed by atoms with Crippen LogP contribution in [0.25, 0.3) is 0 Å². The number of amides is 2. The molecule has 1 aromatic rings. The molecule has 1 aromatic carbocycles. The lowest BCUT2D eigenvalue weighted by molar-refractivity contribution is 0.0738. The number of hydrogen-bond donors (Lipinski definition) is 2. The van der Waals surface area contributed by atoms with Gasteiger partial charge in [-0.2, -0.15) is 0 Å². The average molecular weight is 305 g/mol. The van der Waals surface area contributed by atoms with E-state index >= 15 is 0 Å². The van der Waals surface area contributed by atoms with Crippen molar-refractivity contribution in [2.24, 2.45) is 5.92 Å². The normalized spacial score (nSPS) is 19.6. The van der Waals surface area contributed by atoms with E-state index in [-0.39, 0.29) is 18.1 Å². The largest absolute Gasteiger partial charge is 0.393 e. The number of likely N-dealkylation sites (tertiary alicyclic amines) is 1. The van der Waals surface area contributed by atoms with Crippen LogP contribution in [0, 0.1) is 5.92 Å². The van der Waals surface area contributed by atoms with Crippen LogP contribution in [-0.2, 0) is 6.54 Å². The molecule has 5 nitrogen and oxygen atoms in total. The van der Waals surface area contributed by atoms with Crippen LogP contribution in [0.15, 0.2) is 24.3 Å². The van der Waals surface area contributed by atoms with E-state index in [1.807, 2.05) is 48.2 Å². The Hall–Kier alpha value is -1.75. The summed E-state index contributed by atoms with van der Waals surface area (Å²) in [6.45, 7) is 3.75. The maximum atomic E-state index is 12.2. The number of benzene rings is 1. The third-order valence-corrected chi connectivity index (χ3v) is 4.32. The van der Waals surface area contributed by atoms with E-state index in [4.69, 9.17) is 0 Å². The predicted octanol–water partition coefficient (Wildman–Crippen LogP) is 2.05. The zero-order chi connectivity index (χ0) is 16.1. The summed E-state index contributed by atoms with van der Waals surface area (Å²) in [5.41, 5.74) is 2.23. The number of urea groups is 1. The van der Waals surface area contributed by atoms with Gasteiger partial charge in [0.15, 0.2) is 0 Å². The minimum absolute atomic E-state index is 0.0398. The molecule has 0 aliphatic carbocycles. The van der Waals surface area contributed by atoms with Gasteiger partial charge in [0, 0.05) is 45.3 Å². The first kappa shape index (κ1) is 16.6. The molecular formula is C17H27N3O2. The van der Waals surface area contributed by atoms with Gasteiger partial charge in [-0.15, -0.1) is 0 Å². The number of anilines is 1. The molecule has 22 heavy (non-hydrogen) atoms. The standard InChI is InChI=1S/C17H27N3O2/c1-13(21)15-5-4-10-20(12-15)17(22)18-11-14-6-8-16(9-7-14)19(2)3/h6-9,13,15,21H,4-5,10-12H2,1-3H3,(H,18,22). The SMILES string of the molecule is CC(O)C1CCCN(C(=O)NCc2ccc(N(C)C)cc2)C1. The number of piperidine rings is 1. The number of aliphatic hydroxyl groups is 1. The number of hydrogen-bond acceptors (Lipinski definition) is 3. The van der Waals surface area contributed by atoms with Crippen LogP contribution in [0.3, 0.4) is 0 Å². The molecule has 1 fully saturated rings. The fraction of sp³-hybridized carbons (Fsp3) is 0.588. The highest BCUT2D eigenvalue weighted by Gasteiger charge is 2.26. The topological polar surface area (TPSA) is 55.8 Å². The molecule has 1 saturated heterocycles. The fourth-order valence-corrected chi connectivity index (χ4v) is 2.79. The first-order chi connectivity index (χ1) is 10.5. The summed E-state index contributed by atoms with van der Waals surface area (Å²) < 4.78 is 0. The molecular weight excluding hydrogens is 278 g/mol. The van der Waals surface area contributed by atoms with Gasteiger partial charge in [0.05, 0.1) is 6.10 Å². The highest BCUT2D eigenvalue weighted by molar-refractivity contribution is 5.74. The number of nitrogens with one attached hydrogen (secondary N) is 1. The second kappa shape index (κ2) is 7.49. The van der Waals surface area contributed by atoms with Crippen molar-refractivity contribution in [1.82, 2.24) is 10.2 Å². The van der Waals surface area contributed by atoms with Gasteiger partial charge in [-0.25, -0.2) is 4.79 Å². The Morgan fingerprint density at radius 2 is 2.09 bits per heavy atom. The second-order valence-corrected chi connectivity index (χ2v) is 6.31. The minimum atomic E-state index is -0.353. The zero-order valence-electron chi connectivity index (χ0n) is 13.7. The van der Waals surface area contributed by atoms with Crippen LogP contribution >= 0.6 is 0 Å². The number of carbonyl (C=O) groups excluding carboxylic acids is 1. The van der Waals surface area contributed by atoms with Gasteiger partial charge in [-0.05, 0) is 37.5 Å². The molecule has 2 N–H and O–H groups in total. The summed E-state index contributed by atoms with van der Waals surface area (Å²) in [5.74, 6) is 0.193. The Morgan fingerprint density at radius 1 is 1.41 bits per heavy atom. The molecule has 2 unspecified atom stereocenters. The lowest BCUT2D eigenvalue weighted by Crippen LogP contribution is -2.47. The van der Waals surface area contributed by atoms with Crippen molar-refractivity contribution in [3.05, 3.63) is 29.8 Å². The van der Waals surface area contributed by atoms with E-state index in [2.05, 4.69) is 5.32 Å². The molecule has 0 spiro atoms. The Labute approximate surface area is 132 Å². The minimum Gasteiger partial charge on any atom is -0.393 e. The third-order valence-electron chi connectivity index (χ3n) is 4.32. The smallest absolute Gasteiger partial charge is 0.317 e. The molecule has 1 aliphatic rings. The van der Waals surface area contributed by atoms with Gasteiger partial charge in [-0.3, -0.25) is 0 Å². The van der Waals surface area contributed by atoms with E-state index in [1.54, 1.807) is 6.92 Å². The molecule has 1 aliphatic heterocycles. The quantitative estimate of drug-likeness (QED) is 0.895. The van der Waals surface area contributed by atoms with Crippen LogP contribution in [0.5, 0.6) is 0 Å². The average Bonchev–Trinajstić information content (AvgIpc) is 2.53. The highest BCUT2D eigenvalue weighted by atomic mass is 16.3. The van der Waals surface area contributed by atoms with Gasteiger partial charge in [0.2, 0.25) is 0 Å². The summed E-state index contributed by atoms with van der Waals surface area (Å²) >= 11 is 0. The van der Waals surface area contributed by atoms with Gasteiger partial charge in [0.1, 0.15) is 0 Å². The van der Waals surface area contributed by atoms with Crippen LogP contribution in [0.4, 0.5) is 10.5 Å². The van der Waals surface area contributed by atoms with E-state index in [9.17, 15) is 9.90 Å². The Balaban J connectivity index is 1.84. The van der Waals surface area contributed by atoms with E-state index in [0.717, 1.165) is 30.6 Å². The molecule has 0 radical (unpaired) electrons. The number of aliphatic hydroxyl groups excluding tert-OH is 1. The fourth-order valence-electron chi connectivity index (χ4n) is 2.79. The molecule has 5 heteroatoms. The van der Waals surface area contributed by atoms with Crippen molar-refractivity contribution in [3.8, 4) is 0 Å². The second-order valence-electron chi connectivity index (χ2n) is 6.31. The summed E-state index contributed by atoms with van der Waals surface area (Å²) in [5, 5.41) is 12.7. The van der Waals surface area contributed by atoms with Crippen molar-refractivity contribution in [2.45, 2.75) is 32.4 Å². The molecule has 122 valence electrons. The summed E-state index contributed by atoms with van der Waals surface area (Å²) in [7, 11) is 4.01. The van der Waals surface area contributed by atoms with Crippen LogP contribution < -0.4 is 10.2 Å². The molecule has 2 rings (SSSR count). The number of rotatable bonds is 4. The van der Waals surface area contributed by atoms with Crippen LogP contribution in [0.2, 0.25) is 0 Å². The first-order valence-corrected chi connectivity index (χ1v) is 7.94. The highest BCUT2D eigenvalue weighted by Crippen LogP contribution is 2.19. The number of nitrogens with zero attached hydrogens (tertiary/aromatic N) is 2. The van der Waals surface area contributed by atoms with E-state index < -0.39 is 0 Å². The van der Waals surface area contributed by atoms with E-state index in [0.29, 0.717) is 13.1 Å². The van der Waals surface area contributed by atoms with Crippen molar-refractivity contribution in [2.75, 3.05) is 32.1 Å². The summed E-state index contributed by atoms with van der Waals surface area (Å²) in [6.07, 6.45) is 1.60. The first-order valence-electron chi connectivity index (χ1n) is 7.94. The van der Waals surface area contributed by atoms with Crippen molar-refractivity contribution < 1.29 is 9.90 Å². The molecule has 2 atom stereocenters. The van der Waals surface area contributed by atoms with Gasteiger partial charge >= 0.3 is 6.03 Å². The van der Waals surface area contributed by atoms with Crippen molar-refractivity contribution in [3.63, 3.8) is 0 Å². The van der Waals surface area contributed by atoms with E-state index in [1.165, 1.54) is 0 Å². The predicted molar refractivity (Wildman–Crippen MR) is 89.0 cm³/mol. The Bertz CT molecular complexity index is 485. The third kappa shape index (κ3) is 4.37. The Kier molecular flexibility index (Phi) is 5.66. The van der Waals surface area contributed by atoms with Gasteiger partial charge < -0.3 is 20.2 Å². The lowest BCUT2D eigenvalue weighted by Gasteiger charge is -2.34. The maximum Gasteiger partial charge on any atom is 0.317 e. The Morgan fingerprint density at radius 3 is 2.68 bits per heavy atom. The van der Waals surface area contributed by atoms with Crippen molar-refractivity contribution >= 4 is 11.7 Å². The molecule has 1 heterocycles. The van der Waals surface area contributed by atoms with Gasteiger partial charge in [0.25, 0.3) is 0 Å². The summed E-state index contributed by atoms with van der Waals surface area (Å²) in [4.78, 5) is 16.1.